The molecule has 2 N–H and O–H groups in total. The second-order valence-corrected chi connectivity index (χ2v) is 4.19. The minimum absolute atomic E-state index is 0.0667. The van der Waals surface area contributed by atoms with Crippen molar-refractivity contribution in [2.45, 2.75) is 19.1 Å². The third kappa shape index (κ3) is 3.35. The molecule has 94 valence electrons. The van der Waals surface area contributed by atoms with Gasteiger partial charge in [0.05, 0.1) is 11.8 Å². The number of aliphatic hydroxyl groups excluding tert-OH is 1. The molecule has 0 bridgehead atoms. The van der Waals surface area contributed by atoms with Gasteiger partial charge in [-0.2, -0.15) is 0 Å². The topological polar surface area (TPSA) is 58.0 Å². The summed E-state index contributed by atoms with van der Waals surface area (Å²) in [5, 5.41) is 13.3. The third-order valence-electron chi connectivity index (χ3n) is 2.83. The Morgan fingerprint density at radius 3 is 2.67 bits per heavy atom. The summed E-state index contributed by atoms with van der Waals surface area (Å²) in [5.74, 6) is 0. The van der Waals surface area contributed by atoms with E-state index in [9.17, 15) is 5.11 Å². The predicted molar refractivity (Wildman–Crippen MR) is 69.9 cm³/mol. The van der Waals surface area contributed by atoms with Gasteiger partial charge in [-0.05, 0) is 12.5 Å². The van der Waals surface area contributed by atoms with Gasteiger partial charge in [0.1, 0.15) is 0 Å². The smallest absolute Gasteiger partial charge is 0.0914 e. The molecule has 1 aromatic heterocycles. The monoisotopic (exact) mass is 243 g/mol. The Kier molecular flexibility index (Phi) is 4.39. The first-order chi connectivity index (χ1) is 8.77. The van der Waals surface area contributed by atoms with Crippen molar-refractivity contribution in [1.82, 2.24) is 15.3 Å². The van der Waals surface area contributed by atoms with Gasteiger partial charge < -0.3 is 10.4 Å². The summed E-state index contributed by atoms with van der Waals surface area (Å²) >= 11 is 0. The van der Waals surface area contributed by atoms with Crippen LogP contribution in [0.2, 0.25) is 0 Å². The largest absolute Gasteiger partial charge is 0.387 e. The Morgan fingerprint density at radius 2 is 2.00 bits per heavy atom. The molecule has 4 heteroatoms. The van der Waals surface area contributed by atoms with Crippen molar-refractivity contribution in [3.05, 3.63) is 60.2 Å². The molecule has 2 aromatic rings. The first kappa shape index (κ1) is 12.7. The molecule has 2 rings (SSSR count). The van der Waals surface area contributed by atoms with E-state index < -0.39 is 6.10 Å². The van der Waals surface area contributed by atoms with Crippen LogP contribution in [0.5, 0.6) is 0 Å². The molecular formula is C14H17N3O. The van der Waals surface area contributed by atoms with Gasteiger partial charge in [-0.25, -0.2) is 0 Å². The highest BCUT2D eigenvalue weighted by molar-refractivity contribution is 5.17. The summed E-state index contributed by atoms with van der Waals surface area (Å²) in [6, 6.07) is 9.68. The van der Waals surface area contributed by atoms with Crippen LogP contribution < -0.4 is 5.32 Å². The maximum absolute atomic E-state index is 10.0. The number of hydrogen-bond acceptors (Lipinski definition) is 4. The van der Waals surface area contributed by atoms with Gasteiger partial charge in [0, 0.05) is 31.2 Å². The van der Waals surface area contributed by atoms with Crippen molar-refractivity contribution in [1.29, 1.82) is 0 Å². The second-order valence-electron chi connectivity index (χ2n) is 4.19. The SMILES string of the molecule is C[C@H](NC[C@@H](O)c1ccccc1)c1cnccn1. The van der Waals surface area contributed by atoms with E-state index in [1.807, 2.05) is 37.3 Å². The van der Waals surface area contributed by atoms with Crippen LogP contribution in [-0.2, 0) is 0 Å². The molecule has 0 amide bonds. The van der Waals surface area contributed by atoms with Crippen LogP contribution in [0.15, 0.2) is 48.9 Å². The fourth-order valence-corrected chi connectivity index (χ4v) is 1.72. The molecule has 1 heterocycles. The minimum Gasteiger partial charge on any atom is -0.387 e. The molecule has 1 aromatic carbocycles. The standard InChI is InChI=1S/C14H17N3O/c1-11(13-9-15-7-8-16-13)17-10-14(18)12-5-3-2-4-6-12/h2-9,11,14,17-18H,10H2,1H3/t11-,14+/m0/s1. The molecule has 0 saturated heterocycles. The maximum atomic E-state index is 10.0. The zero-order valence-corrected chi connectivity index (χ0v) is 10.3. The number of hydrogen-bond donors (Lipinski definition) is 2. The van der Waals surface area contributed by atoms with Crippen molar-refractivity contribution < 1.29 is 5.11 Å². The van der Waals surface area contributed by atoms with E-state index in [-0.39, 0.29) is 6.04 Å². The Morgan fingerprint density at radius 1 is 1.22 bits per heavy atom. The van der Waals surface area contributed by atoms with Gasteiger partial charge in [-0.15, -0.1) is 0 Å². The molecule has 0 aliphatic carbocycles. The van der Waals surface area contributed by atoms with Crippen LogP contribution in [0.3, 0.4) is 0 Å². The summed E-state index contributed by atoms with van der Waals surface area (Å²) < 4.78 is 0. The first-order valence-corrected chi connectivity index (χ1v) is 5.99. The number of aliphatic hydroxyl groups is 1. The molecule has 0 aliphatic rings. The summed E-state index contributed by atoms with van der Waals surface area (Å²) in [7, 11) is 0. The van der Waals surface area contributed by atoms with E-state index in [4.69, 9.17) is 0 Å². The van der Waals surface area contributed by atoms with Gasteiger partial charge >= 0.3 is 0 Å². The third-order valence-corrected chi connectivity index (χ3v) is 2.83. The Hall–Kier alpha value is -1.78. The second kappa shape index (κ2) is 6.23. The van der Waals surface area contributed by atoms with Crippen molar-refractivity contribution in [3.63, 3.8) is 0 Å². The van der Waals surface area contributed by atoms with Gasteiger partial charge in [-0.1, -0.05) is 30.3 Å². The van der Waals surface area contributed by atoms with Crippen molar-refractivity contribution in [2.75, 3.05) is 6.54 Å². The zero-order valence-electron chi connectivity index (χ0n) is 10.3. The van der Waals surface area contributed by atoms with Crippen LogP contribution in [0, 0.1) is 0 Å². The fraction of sp³-hybridized carbons (Fsp3) is 0.286. The Bertz CT molecular complexity index is 415. The van der Waals surface area contributed by atoms with E-state index >= 15 is 0 Å². The zero-order chi connectivity index (χ0) is 12.8. The lowest BCUT2D eigenvalue weighted by atomic mass is 10.1. The molecule has 0 saturated carbocycles. The molecule has 0 spiro atoms. The molecular weight excluding hydrogens is 226 g/mol. The molecule has 2 atom stereocenters. The summed E-state index contributed by atoms with van der Waals surface area (Å²) in [6.45, 7) is 2.49. The first-order valence-electron chi connectivity index (χ1n) is 5.99. The number of benzene rings is 1. The molecule has 0 fully saturated rings. The predicted octanol–water partition coefficient (Wildman–Crippen LogP) is 1.86. The van der Waals surface area contributed by atoms with Gasteiger partial charge in [0.2, 0.25) is 0 Å². The van der Waals surface area contributed by atoms with Crippen molar-refractivity contribution >= 4 is 0 Å². The molecule has 18 heavy (non-hydrogen) atoms. The average Bonchev–Trinajstić information content (AvgIpc) is 2.46. The van der Waals surface area contributed by atoms with Crippen LogP contribution >= 0.6 is 0 Å². The number of nitrogens with zero attached hydrogens (tertiary/aromatic N) is 2. The van der Waals surface area contributed by atoms with Crippen LogP contribution in [0.1, 0.15) is 30.3 Å². The average molecular weight is 243 g/mol. The summed E-state index contributed by atoms with van der Waals surface area (Å²) in [5.41, 5.74) is 1.79. The van der Waals surface area contributed by atoms with Crippen LogP contribution in [0.25, 0.3) is 0 Å². The Labute approximate surface area is 107 Å². The number of rotatable bonds is 5. The van der Waals surface area contributed by atoms with E-state index in [1.165, 1.54) is 0 Å². The molecule has 0 unspecified atom stereocenters. The highest BCUT2D eigenvalue weighted by atomic mass is 16.3. The van der Waals surface area contributed by atoms with E-state index in [2.05, 4.69) is 15.3 Å². The molecule has 0 aliphatic heterocycles. The molecule has 4 nitrogen and oxygen atoms in total. The normalized spacial score (nSPS) is 14.1. The lowest BCUT2D eigenvalue weighted by Crippen LogP contribution is -2.25. The summed E-state index contributed by atoms with van der Waals surface area (Å²) in [4.78, 5) is 8.25. The molecule has 0 radical (unpaired) electrons. The van der Waals surface area contributed by atoms with Gasteiger partial charge in [0.15, 0.2) is 0 Å². The van der Waals surface area contributed by atoms with Gasteiger partial charge in [-0.3, -0.25) is 9.97 Å². The quantitative estimate of drug-likeness (QED) is 0.841. The van der Waals surface area contributed by atoms with Crippen LogP contribution in [0.4, 0.5) is 0 Å². The lowest BCUT2D eigenvalue weighted by Gasteiger charge is -2.16. The number of aromatic nitrogens is 2. The fourth-order valence-electron chi connectivity index (χ4n) is 1.72. The van der Waals surface area contributed by atoms with Crippen molar-refractivity contribution in [3.8, 4) is 0 Å². The van der Waals surface area contributed by atoms with E-state index in [1.54, 1.807) is 18.6 Å². The van der Waals surface area contributed by atoms with E-state index in [0.717, 1.165) is 11.3 Å². The highest BCUT2D eigenvalue weighted by Crippen LogP contribution is 2.13. The Balaban J connectivity index is 1.89. The lowest BCUT2D eigenvalue weighted by molar-refractivity contribution is 0.170. The maximum Gasteiger partial charge on any atom is 0.0914 e. The van der Waals surface area contributed by atoms with Crippen LogP contribution in [-0.4, -0.2) is 21.6 Å². The van der Waals surface area contributed by atoms with E-state index in [0.29, 0.717) is 6.54 Å². The van der Waals surface area contributed by atoms with Crippen molar-refractivity contribution in [2.24, 2.45) is 0 Å². The van der Waals surface area contributed by atoms with Gasteiger partial charge in [0.25, 0.3) is 0 Å². The highest BCUT2D eigenvalue weighted by Gasteiger charge is 2.10. The number of nitrogens with one attached hydrogen (secondary N) is 1. The summed E-state index contributed by atoms with van der Waals surface area (Å²) in [6.07, 6.45) is 4.54. The minimum atomic E-state index is -0.509.